The number of thiophene rings is 1. The maximum Gasteiger partial charge on any atom is 0.266 e. The van der Waals surface area contributed by atoms with Gasteiger partial charge in [0.25, 0.3) is 5.91 Å². The number of nitrogens with one attached hydrogen (secondary N) is 1. The molecule has 0 saturated heterocycles. The molecule has 3 heterocycles. The van der Waals surface area contributed by atoms with E-state index in [1.165, 1.54) is 11.3 Å². The van der Waals surface area contributed by atoms with Gasteiger partial charge >= 0.3 is 0 Å². The van der Waals surface area contributed by atoms with Crippen LogP contribution in [0.15, 0.2) is 60.4 Å². The summed E-state index contributed by atoms with van der Waals surface area (Å²) in [4.78, 5) is 13.1. The van der Waals surface area contributed by atoms with Crippen LogP contribution in [0.25, 0.3) is 0 Å². The molecule has 4 aromatic rings. The number of carbonyl (C=O) groups is 1. The van der Waals surface area contributed by atoms with Crippen LogP contribution in [0.2, 0.25) is 10.0 Å². The van der Waals surface area contributed by atoms with Crippen LogP contribution in [0.4, 0.5) is 5.82 Å². The van der Waals surface area contributed by atoms with Crippen molar-refractivity contribution in [1.29, 1.82) is 0 Å². The van der Waals surface area contributed by atoms with Gasteiger partial charge in [0.2, 0.25) is 0 Å². The maximum atomic E-state index is 12.5. The van der Waals surface area contributed by atoms with E-state index in [0.717, 1.165) is 11.1 Å². The summed E-state index contributed by atoms with van der Waals surface area (Å²) in [6.45, 7) is 1.16. The highest BCUT2D eigenvalue weighted by Crippen LogP contribution is 2.18. The summed E-state index contributed by atoms with van der Waals surface area (Å²) < 4.78 is 3.49. The molecular formula is C19H15Cl2N5OS. The second kappa shape index (κ2) is 8.18. The van der Waals surface area contributed by atoms with Gasteiger partial charge in [0.15, 0.2) is 5.82 Å². The highest BCUT2D eigenvalue weighted by Gasteiger charge is 2.12. The van der Waals surface area contributed by atoms with E-state index in [4.69, 9.17) is 23.2 Å². The number of hydrogen-bond donors (Lipinski definition) is 1. The lowest BCUT2D eigenvalue weighted by Gasteiger charge is -2.02. The average Bonchev–Trinajstić information content (AvgIpc) is 3.40. The molecular weight excluding hydrogens is 417 g/mol. The van der Waals surface area contributed by atoms with Gasteiger partial charge in [-0.15, -0.1) is 11.3 Å². The molecule has 0 bridgehead atoms. The van der Waals surface area contributed by atoms with Gasteiger partial charge in [-0.05, 0) is 34.7 Å². The van der Waals surface area contributed by atoms with Crippen molar-refractivity contribution >= 4 is 46.3 Å². The lowest BCUT2D eigenvalue weighted by Crippen LogP contribution is -2.11. The summed E-state index contributed by atoms with van der Waals surface area (Å²) in [7, 11) is 0. The third-order valence-electron chi connectivity index (χ3n) is 3.96. The summed E-state index contributed by atoms with van der Waals surface area (Å²) >= 11 is 13.2. The molecule has 0 fully saturated rings. The first-order valence-electron chi connectivity index (χ1n) is 8.40. The van der Waals surface area contributed by atoms with E-state index in [9.17, 15) is 4.79 Å². The topological polar surface area (TPSA) is 64.7 Å². The Morgan fingerprint density at radius 3 is 2.57 bits per heavy atom. The summed E-state index contributed by atoms with van der Waals surface area (Å²) in [5, 5.41) is 14.6. The average molecular weight is 432 g/mol. The van der Waals surface area contributed by atoms with Crippen LogP contribution in [0.5, 0.6) is 0 Å². The molecule has 0 atom stereocenters. The van der Waals surface area contributed by atoms with Crippen LogP contribution in [-0.4, -0.2) is 25.5 Å². The minimum Gasteiger partial charge on any atom is -0.304 e. The fraction of sp³-hybridized carbons (Fsp3) is 0.105. The van der Waals surface area contributed by atoms with Crippen molar-refractivity contribution in [1.82, 2.24) is 19.6 Å². The molecule has 1 N–H and O–H groups in total. The van der Waals surface area contributed by atoms with Gasteiger partial charge in [0.1, 0.15) is 0 Å². The Morgan fingerprint density at radius 1 is 1.04 bits per heavy atom. The summed E-state index contributed by atoms with van der Waals surface area (Å²) in [6.07, 6.45) is 5.15. The van der Waals surface area contributed by atoms with Crippen LogP contribution in [0.3, 0.4) is 0 Å². The van der Waals surface area contributed by atoms with E-state index in [2.05, 4.69) is 15.5 Å². The predicted octanol–water partition coefficient (Wildman–Crippen LogP) is 4.80. The molecule has 28 heavy (non-hydrogen) atoms. The van der Waals surface area contributed by atoms with Gasteiger partial charge in [-0.3, -0.25) is 14.2 Å². The lowest BCUT2D eigenvalue weighted by molar-refractivity contribution is 0.103. The lowest BCUT2D eigenvalue weighted by atomic mass is 10.2. The molecule has 0 unspecified atom stereocenters. The second-order valence-corrected chi connectivity index (χ2v) is 7.94. The molecule has 0 spiro atoms. The van der Waals surface area contributed by atoms with E-state index in [0.29, 0.717) is 33.8 Å². The highest BCUT2D eigenvalue weighted by atomic mass is 35.5. The number of nitrogens with zero attached hydrogens (tertiary/aromatic N) is 4. The Hall–Kier alpha value is -2.61. The highest BCUT2D eigenvalue weighted by molar-refractivity contribution is 7.12. The van der Waals surface area contributed by atoms with Gasteiger partial charge in [-0.25, -0.2) is 0 Å². The van der Waals surface area contributed by atoms with Crippen molar-refractivity contribution in [2.24, 2.45) is 0 Å². The van der Waals surface area contributed by atoms with Crippen molar-refractivity contribution in [3.8, 4) is 0 Å². The Balaban J connectivity index is 1.37. The largest absolute Gasteiger partial charge is 0.304 e. The Kier molecular flexibility index (Phi) is 5.47. The molecule has 0 aliphatic heterocycles. The maximum absolute atomic E-state index is 12.5. The molecule has 142 valence electrons. The number of halogens is 2. The first-order chi connectivity index (χ1) is 13.5. The molecule has 0 aliphatic carbocycles. The fourth-order valence-corrected chi connectivity index (χ4v) is 3.74. The van der Waals surface area contributed by atoms with Gasteiger partial charge in [-0.1, -0.05) is 35.3 Å². The third-order valence-corrected chi connectivity index (χ3v) is 5.39. The van der Waals surface area contributed by atoms with Crippen LogP contribution in [-0.2, 0) is 13.1 Å². The van der Waals surface area contributed by atoms with Crippen LogP contribution in [0, 0.1) is 0 Å². The Morgan fingerprint density at radius 2 is 1.82 bits per heavy atom. The monoisotopic (exact) mass is 431 g/mol. The second-order valence-electron chi connectivity index (χ2n) is 6.15. The quantitative estimate of drug-likeness (QED) is 0.476. The molecule has 9 heteroatoms. The van der Waals surface area contributed by atoms with Crippen molar-refractivity contribution in [2.75, 3.05) is 5.32 Å². The van der Waals surface area contributed by atoms with E-state index in [-0.39, 0.29) is 5.91 Å². The molecule has 0 radical (unpaired) electrons. The number of anilines is 1. The number of amides is 1. The summed E-state index contributed by atoms with van der Waals surface area (Å²) in [5.74, 6) is 0.319. The summed E-state index contributed by atoms with van der Waals surface area (Å²) in [6, 6.07) is 11.2. The molecule has 6 nitrogen and oxygen atoms in total. The minimum atomic E-state index is -0.188. The van der Waals surface area contributed by atoms with Gasteiger partial charge in [0, 0.05) is 23.5 Å². The SMILES string of the molecule is O=C(Nc1ccn(Cc2ccc(Cl)cc2)n1)c1cc(Cn2cc(Cl)cn2)cs1. The van der Waals surface area contributed by atoms with E-state index >= 15 is 0 Å². The number of aromatic nitrogens is 4. The molecule has 0 saturated carbocycles. The van der Waals surface area contributed by atoms with Gasteiger partial charge < -0.3 is 5.32 Å². The molecule has 4 rings (SSSR count). The predicted molar refractivity (Wildman–Crippen MR) is 111 cm³/mol. The number of rotatable bonds is 6. The summed E-state index contributed by atoms with van der Waals surface area (Å²) in [5.41, 5.74) is 2.06. The van der Waals surface area contributed by atoms with Crippen molar-refractivity contribution in [3.05, 3.63) is 86.4 Å². The fourth-order valence-electron chi connectivity index (χ4n) is 2.66. The van der Waals surface area contributed by atoms with Crippen LogP contribution in [0.1, 0.15) is 20.8 Å². The molecule has 0 aliphatic rings. The van der Waals surface area contributed by atoms with Crippen molar-refractivity contribution in [3.63, 3.8) is 0 Å². The van der Waals surface area contributed by atoms with Crippen LogP contribution >= 0.6 is 34.5 Å². The first kappa shape index (κ1) is 18.7. The zero-order valence-electron chi connectivity index (χ0n) is 14.5. The third kappa shape index (κ3) is 4.62. The molecule has 3 aromatic heterocycles. The number of hydrogen-bond acceptors (Lipinski definition) is 4. The smallest absolute Gasteiger partial charge is 0.266 e. The van der Waals surface area contributed by atoms with Crippen molar-refractivity contribution < 1.29 is 4.79 Å². The molecule has 1 aromatic carbocycles. The van der Waals surface area contributed by atoms with Gasteiger partial charge in [0.05, 0.1) is 29.2 Å². The van der Waals surface area contributed by atoms with Gasteiger partial charge in [-0.2, -0.15) is 10.2 Å². The molecule has 1 amide bonds. The van der Waals surface area contributed by atoms with E-state index in [1.807, 2.05) is 41.9 Å². The Bertz CT molecular complexity index is 1100. The standard InChI is InChI=1S/C19H15Cl2N5OS/c20-15-3-1-13(2-4-15)9-25-6-5-18(24-25)23-19(27)17-7-14(12-28-17)10-26-11-16(21)8-22-26/h1-8,11-12H,9-10H2,(H,23,24,27). The van der Waals surface area contributed by atoms with Crippen molar-refractivity contribution in [2.45, 2.75) is 13.1 Å². The zero-order valence-corrected chi connectivity index (χ0v) is 16.9. The van der Waals surface area contributed by atoms with Crippen LogP contribution < -0.4 is 5.32 Å². The zero-order chi connectivity index (χ0) is 19.5. The first-order valence-corrected chi connectivity index (χ1v) is 10.0. The Labute approximate surface area is 175 Å². The van der Waals surface area contributed by atoms with E-state index < -0.39 is 0 Å². The normalized spacial score (nSPS) is 10.9. The van der Waals surface area contributed by atoms with E-state index in [1.54, 1.807) is 27.8 Å². The minimum absolute atomic E-state index is 0.188. The number of benzene rings is 1. The number of carbonyl (C=O) groups excluding carboxylic acids is 1.